The zero-order valence-electron chi connectivity index (χ0n) is 10.6. The maximum absolute atomic E-state index is 4.55. The van der Waals surface area contributed by atoms with Gasteiger partial charge in [-0.1, -0.05) is 33.6 Å². The molecule has 1 fully saturated rings. The summed E-state index contributed by atoms with van der Waals surface area (Å²) in [5, 5.41) is 4.42. The molecule has 3 nitrogen and oxygen atoms in total. The number of hydrogen-bond donors (Lipinski definition) is 1. The smallest absolute Gasteiger partial charge is 0.202 e. The minimum absolute atomic E-state index is 0.0517. The predicted octanol–water partition coefficient (Wildman–Crippen LogP) is 3.44. The van der Waals surface area contributed by atoms with E-state index in [0.29, 0.717) is 6.04 Å². The van der Waals surface area contributed by atoms with Crippen LogP contribution in [0.3, 0.4) is 0 Å². The van der Waals surface area contributed by atoms with E-state index in [0.717, 1.165) is 16.9 Å². The first-order valence-electron chi connectivity index (χ1n) is 6.06. The van der Waals surface area contributed by atoms with Crippen molar-refractivity contribution in [1.82, 2.24) is 9.36 Å². The molecule has 1 atom stereocenters. The van der Waals surface area contributed by atoms with Gasteiger partial charge in [-0.25, -0.2) is 4.98 Å². The second-order valence-electron chi connectivity index (χ2n) is 5.90. The van der Waals surface area contributed by atoms with E-state index in [4.69, 9.17) is 0 Å². The third kappa shape index (κ3) is 3.17. The number of nitrogens with one attached hydrogen (secondary N) is 1. The number of anilines is 1. The normalized spacial score (nSPS) is 18.5. The van der Waals surface area contributed by atoms with Gasteiger partial charge in [-0.15, -0.1) is 0 Å². The van der Waals surface area contributed by atoms with Crippen LogP contribution in [0.25, 0.3) is 0 Å². The Labute approximate surface area is 102 Å². The van der Waals surface area contributed by atoms with Crippen LogP contribution in [0.2, 0.25) is 0 Å². The summed E-state index contributed by atoms with van der Waals surface area (Å²) >= 11 is 1.48. The standard InChI is InChI=1S/C12H21N3S/c1-8(7-9-5-6-9)13-11-14-10(15-16-11)12(2,3)4/h8-9H,5-7H2,1-4H3,(H,13,14,15). The molecule has 90 valence electrons. The van der Waals surface area contributed by atoms with Crippen molar-refractivity contribution >= 4 is 16.7 Å². The molecule has 0 amide bonds. The molecule has 1 aromatic heterocycles. The molecule has 1 aromatic rings. The van der Waals surface area contributed by atoms with Gasteiger partial charge < -0.3 is 5.32 Å². The van der Waals surface area contributed by atoms with Crippen molar-refractivity contribution in [3.05, 3.63) is 5.82 Å². The van der Waals surface area contributed by atoms with Crippen LogP contribution in [0, 0.1) is 5.92 Å². The van der Waals surface area contributed by atoms with Crippen molar-refractivity contribution in [3.63, 3.8) is 0 Å². The van der Waals surface area contributed by atoms with Crippen LogP contribution < -0.4 is 5.32 Å². The lowest BCUT2D eigenvalue weighted by atomic mass is 9.96. The van der Waals surface area contributed by atoms with Gasteiger partial charge in [-0.3, -0.25) is 0 Å². The molecule has 0 aromatic carbocycles. The Bertz CT molecular complexity index is 349. The fourth-order valence-electron chi connectivity index (χ4n) is 1.71. The predicted molar refractivity (Wildman–Crippen MR) is 69.0 cm³/mol. The third-order valence-corrected chi connectivity index (χ3v) is 3.50. The number of rotatable bonds is 4. The van der Waals surface area contributed by atoms with Crippen LogP contribution in [-0.4, -0.2) is 15.4 Å². The molecule has 0 saturated heterocycles. The van der Waals surface area contributed by atoms with Crippen LogP contribution in [0.1, 0.15) is 52.8 Å². The Kier molecular flexibility index (Phi) is 3.19. The highest BCUT2D eigenvalue weighted by Gasteiger charge is 2.24. The van der Waals surface area contributed by atoms with E-state index in [1.165, 1.54) is 30.8 Å². The fraction of sp³-hybridized carbons (Fsp3) is 0.833. The maximum atomic E-state index is 4.55. The molecule has 0 bridgehead atoms. The Morgan fingerprint density at radius 2 is 2.12 bits per heavy atom. The molecule has 0 spiro atoms. The van der Waals surface area contributed by atoms with Crippen molar-refractivity contribution in [2.75, 3.05) is 5.32 Å². The van der Waals surface area contributed by atoms with Gasteiger partial charge in [0.1, 0.15) is 5.82 Å². The van der Waals surface area contributed by atoms with E-state index in [2.05, 4.69) is 42.4 Å². The van der Waals surface area contributed by atoms with Gasteiger partial charge in [0.25, 0.3) is 0 Å². The number of aromatic nitrogens is 2. The topological polar surface area (TPSA) is 37.8 Å². The number of nitrogens with zero attached hydrogens (tertiary/aromatic N) is 2. The van der Waals surface area contributed by atoms with Crippen molar-refractivity contribution < 1.29 is 0 Å². The van der Waals surface area contributed by atoms with Gasteiger partial charge in [-0.2, -0.15) is 4.37 Å². The van der Waals surface area contributed by atoms with Crippen LogP contribution in [0.5, 0.6) is 0 Å². The minimum atomic E-state index is 0.0517. The van der Waals surface area contributed by atoms with E-state index in [1.807, 2.05) is 0 Å². The maximum Gasteiger partial charge on any atom is 0.202 e. The summed E-state index contributed by atoms with van der Waals surface area (Å²) in [6.45, 7) is 8.67. The first-order chi connectivity index (χ1) is 7.45. The average molecular weight is 239 g/mol. The van der Waals surface area contributed by atoms with Crippen molar-refractivity contribution in [2.45, 2.75) is 58.4 Å². The zero-order chi connectivity index (χ0) is 11.8. The van der Waals surface area contributed by atoms with Gasteiger partial charge in [0, 0.05) is 23.0 Å². The molecule has 1 aliphatic carbocycles. The van der Waals surface area contributed by atoms with Gasteiger partial charge in [-0.05, 0) is 19.3 Å². The lowest BCUT2D eigenvalue weighted by Gasteiger charge is -2.13. The molecule has 2 rings (SSSR count). The lowest BCUT2D eigenvalue weighted by molar-refractivity contribution is 0.554. The van der Waals surface area contributed by atoms with Crippen LogP contribution in [0.4, 0.5) is 5.13 Å². The molecule has 0 radical (unpaired) electrons. The Balaban J connectivity index is 1.91. The molecule has 4 heteroatoms. The highest BCUT2D eigenvalue weighted by molar-refractivity contribution is 7.09. The Morgan fingerprint density at radius 1 is 1.44 bits per heavy atom. The Morgan fingerprint density at radius 3 is 2.62 bits per heavy atom. The Hall–Kier alpha value is -0.640. The van der Waals surface area contributed by atoms with Gasteiger partial charge in [0.05, 0.1) is 0 Å². The van der Waals surface area contributed by atoms with E-state index in [9.17, 15) is 0 Å². The van der Waals surface area contributed by atoms with Crippen LogP contribution >= 0.6 is 11.5 Å². The summed E-state index contributed by atoms with van der Waals surface area (Å²) in [4.78, 5) is 4.55. The van der Waals surface area contributed by atoms with Crippen LogP contribution in [-0.2, 0) is 5.41 Å². The minimum Gasteiger partial charge on any atom is -0.358 e. The van der Waals surface area contributed by atoms with E-state index in [-0.39, 0.29) is 5.41 Å². The van der Waals surface area contributed by atoms with Gasteiger partial charge in [0.2, 0.25) is 5.13 Å². The second-order valence-corrected chi connectivity index (χ2v) is 6.65. The fourth-order valence-corrected chi connectivity index (χ4v) is 2.58. The first-order valence-corrected chi connectivity index (χ1v) is 6.83. The summed E-state index contributed by atoms with van der Waals surface area (Å²) in [6, 6.07) is 0.522. The summed E-state index contributed by atoms with van der Waals surface area (Å²) < 4.78 is 4.40. The van der Waals surface area contributed by atoms with Crippen LogP contribution in [0.15, 0.2) is 0 Å². The van der Waals surface area contributed by atoms with E-state index >= 15 is 0 Å². The summed E-state index contributed by atoms with van der Waals surface area (Å²) in [5.41, 5.74) is 0.0517. The highest BCUT2D eigenvalue weighted by atomic mass is 32.1. The molecular weight excluding hydrogens is 218 g/mol. The second kappa shape index (κ2) is 4.32. The van der Waals surface area contributed by atoms with E-state index < -0.39 is 0 Å². The monoisotopic (exact) mass is 239 g/mol. The molecule has 1 aliphatic rings. The van der Waals surface area contributed by atoms with E-state index in [1.54, 1.807) is 0 Å². The molecule has 1 N–H and O–H groups in total. The van der Waals surface area contributed by atoms with Crippen molar-refractivity contribution in [3.8, 4) is 0 Å². The highest BCUT2D eigenvalue weighted by Crippen LogP contribution is 2.34. The molecule has 1 unspecified atom stereocenters. The van der Waals surface area contributed by atoms with Crippen molar-refractivity contribution in [2.24, 2.45) is 5.92 Å². The largest absolute Gasteiger partial charge is 0.358 e. The van der Waals surface area contributed by atoms with Gasteiger partial charge >= 0.3 is 0 Å². The first kappa shape index (κ1) is 11.8. The SMILES string of the molecule is CC(CC1CC1)Nc1nc(C(C)(C)C)ns1. The average Bonchev–Trinajstić information content (AvgIpc) is 2.80. The summed E-state index contributed by atoms with van der Waals surface area (Å²) in [5.74, 6) is 1.90. The van der Waals surface area contributed by atoms with Gasteiger partial charge in [0.15, 0.2) is 0 Å². The zero-order valence-corrected chi connectivity index (χ0v) is 11.4. The molecule has 16 heavy (non-hydrogen) atoms. The molecule has 1 heterocycles. The summed E-state index contributed by atoms with van der Waals surface area (Å²) in [6.07, 6.45) is 4.09. The number of hydrogen-bond acceptors (Lipinski definition) is 4. The quantitative estimate of drug-likeness (QED) is 0.874. The molecular formula is C12H21N3S. The summed E-state index contributed by atoms with van der Waals surface area (Å²) in [7, 11) is 0. The van der Waals surface area contributed by atoms with Crippen molar-refractivity contribution in [1.29, 1.82) is 0 Å². The molecule has 1 saturated carbocycles. The lowest BCUT2D eigenvalue weighted by Crippen LogP contribution is -2.17. The molecule has 0 aliphatic heterocycles. The third-order valence-electron chi connectivity index (χ3n) is 2.85.